The van der Waals surface area contributed by atoms with Gasteiger partial charge in [0.15, 0.2) is 0 Å². The summed E-state index contributed by atoms with van der Waals surface area (Å²) < 4.78 is 19.5. The minimum atomic E-state index is -0.473. The summed E-state index contributed by atoms with van der Waals surface area (Å²) >= 11 is 0. The Kier molecular flexibility index (Phi) is 4.61. The molecule has 3 nitrogen and oxygen atoms in total. The third kappa shape index (κ3) is 2.83. The van der Waals surface area contributed by atoms with E-state index in [0.717, 1.165) is 22.5 Å². The van der Waals surface area contributed by atoms with Gasteiger partial charge in [0.05, 0.1) is 17.1 Å². The molecule has 1 saturated heterocycles. The topological polar surface area (TPSA) is 27.7 Å². The summed E-state index contributed by atoms with van der Waals surface area (Å²) in [6.07, 6.45) is 0.0254. The lowest BCUT2D eigenvalue weighted by Gasteiger charge is -2.39. The van der Waals surface area contributed by atoms with Gasteiger partial charge in [-0.05, 0) is 59.6 Å². The summed E-state index contributed by atoms with van der Waals surface area (Å²) in [6, 6.07) is 32.5. The Morgan fingerprint density at radius 2 is 1.28 bits per heavy atom. The van der Waals surface area contributed by atoms with Crippen LogP contribution in [-0.2, 0) is 14.7 Å². The lowest BCUT2D eigenvalue weighted by atomic mass is 9.64. The second kappa shape index (κ2) is 7.58. The summed E-state index contributed by atoms with van der Waals surface area (Å²) in [6.45, 7) is 8.63. The van der Waals surface area contributed by atoms with Gasteiger partial charge in [-0.1, -0.05) is 92.7 Å². The number of para-hydroxylation sites is 1. The molecule has 1 unspecified atom stereocenters. The molecular weight excluding hydrogens is 443 g/mol. The maximum atomic E-state index is 6.53. The normalized spacial score (nSPS) is 20.0. The molecule has 4 aromatic carbocycles. The highest BCUT2D eigenvalue weighted by Crippen LogP contribution is 2.61. The Balaban J connectivity index is 1.49. The van der Waals surface area contributed by atoms with E-state index in [1.807, 2.05) is 6.07 Å². The predicted octanol–water partition coefficient (Wildman–Crippen LogP) is 6.70. The van der Waals surface area contributed by atoms with E-state index in [1.54, 1.807) is 0 Å². The first-order valence-electron chi connectivity index (χ1n) is 12.9. The van der Waals surface area contributed by atoms with Crippen LogP contribution in [0.25, 0.3) is 11.1 Å². The Hall–Kier alpha value is -3.34. The summed E-state index contributed by atoms with van der Waals surface area (Å²) in [5.74, 6) is 2.14. The largest absolute Gasteiger partial charge is 0.494 e. The van der Waals surface area contributed by atoms with Gasteiger partial charge in [0, 0.05) is 11.1 Å². The van der Waals surface area contributed by atoms with Crippen molar-refractivity contribution in [2.75, 3.05) is 0 Å². The molecule has 0 saturated carbocycles. The van der Waals surface area contributed by atoms with Crippen LogP contribution >= 0.6 is 0 Å². The second-order valence-corrected chi connectivity index (χ2v) is 11.0. The molecule has 3 aliphatic rings. The third-order valence-electron chi connectivity index (χ3n) is 8.11. The van der Waals surface area contributed by atoms with E-state index in [2.05, 4.69) is 113 Å². The maximum Gasteiger partial charge on any atom is 0.494 e. The Morgan fingerprint density at radius 3 is 1.92 bits per heavy atom. The van der Waals surface area contributed by atoms with Crippen molar-refractivity contribution < 1.29 is 14.0 Å². The van der Waals surface area contributed by atoms with E-state index < -0.39 is 12.5 Å². The fraction of sp³-hybridized carbons (Fsp3) is 0.250. The monoisotopic (exact) mass is 472 g/mol. The van der Waals surface area contributed by atoms with Crippen molar-refractivity contribution in [1.82, 2.24) is 0 Å². The zero-order valence-electron chi connectivity index (χ0n) is 21.1. The summed E-state index contributed by atoms with van der Waals surface area (Å²) in [5.41, 5.74) is 7.61. The molecule has 2 heterocycles. The average Bonchev–Trinajstić information content (AvgIpc) is 3.37. The quantitative estimate of drug-likeness (QED) is 0.263. The molecule has 1 aliphatic carbocycles. The van der Waals surface area contributed by atoms with Crippen LogP contribution in [0.4, 0.5) is 0 Å². The SMILES string of the molecule is CC(C)C1OB(c2ccc3c(c2)C2(c4ccccc4O3)c3ccccc3-c3ccccc32)OC1(C)C. The molecule has 178 valence electrons. The molecule has 0 aromatic heterocycles. The fourth-order valence-electron chi connectivity index (χ4n) is 6.79. The van der Waals surface area contributed by atoms with Crippen LogP contribution in [0.3, 0.4) is 0 Å². The van der Waals surface area contributed by atoms with Crippen molar-refractivity contribution in [3.8, 4) is 22.6 Å². The highest BCUT2D eigenvalue weighted by molar-refractivity contribution is 6.62. The molecule has 4 heteroatoms. The summed E-state index contributed by atoms with van der Waals surface area (Å²) in [7, 11) is -0.418. The molecule has 1 atom stereocenters. The fourth-order valence-corrected chi connectivity index (χ4v) is 6.79. The van der Waals surface area contributed by atoms with Crippen molar-refractivity contribution >= 4 is 12.6 Å². The van der Waals surface area contributed by atoms with Gasteiger partial charge in [-0.25, -0.2) is 0 Å². The van der Waals surface area contributed by atoms with Crippen molar-refractivity contribution in [3.05, 3.63) is 113 Å². The zero-order chi connectivity index (χ0) is 24.7. The first-order chi connectivity index (χ1) is 17.4. The van der Waals surface area contributed by atoms with Gasteiger partial charge in [-0.15, -0.1) is 0 Å². The van der Waals surface area contributed by atoms with Gasteiger partial charge < -0.3 is 14.0 Å². The molecule has 0 amide bonds. The van der Waals surface area contributed by atoms with E-state index in [9.17, 15) is 0 Å². The molecule has 7 rings (SSSR count). The second-order valence-electron chi connectivity index (χ2n) is 11.0. The number of benzene rings is 4. The first kappa shape index (κ1) is 21.9. The minimum absolute atomic E-state index is 0.0254. The van der Waals surface area contributed by atoms with Crippen molar-refractivity contribution in [2.45, 2.75) is 44.8 Å². The Bertz CT molecular complexity index is 1460. The van der Waals surface area contributed by atoms with Crippen LogP contribution in [0.5, 0.6) is 11.5 Å². The van der Waals surface area contributed by atoms with Gasteiger partial charge in [0.2, 0.25) is 0 Å². The van der Waals surface area contributed by atoms with Gasteiger partial charge in [-0.3, -0.25) is 0 Å². The van der Waals surface area contributed by atoms with Crippen LogP contribution in [0.15, 0.2) is 91.0 Å². The van der Waals surface area contributed by atoms with Crippen LogP contribution in [0, 0.1) is 5.92 Å². The standard InChI is InChI=1S/C32H29BO3/c1-20(2)30-31(3,4)36-33(35-30)21-17-18-29-27(19-21)32(26-15-9-10-16-28(26)34-29)24-13-7-5-11-22(24)23-12-6-8-14-25(23)32/h5-20,30H,1-4H3. The third-order valence-corrected chi connectivity index (χ3v) is 8.11. The van der Waals surface area contributed by atoms with E-state index in [4.69, 9.17) is 14.0 Å². The number of ether oxygens (including phenoxy) is 1. The summed E-state index contributed by atoms with van der Waals surface area (Å²) in [4.78, 5) is 0. The average molecular weight is 472 g/mol. The van der Waals surface area contributed by atoms with E-state index in [-0.39, 0.29) is 11.7 Å². The number of hydrogen-bond acceptors (Lipinski definition) is 3. The predicted molar refractivity (Wildman–Crippen MR) is 144 cm³/mol. The number of rotatable bonds is 2. The molecule has 1 fully saturated rings. The highest BCUT2D eigenvalue weighted by atomic mass is 16.7. The van der Waals surface area contributed by atoms with Gasteiger partial charge >= 0.3 is 7.12 Å². The van der Waals surface area contributed by atoms with E-state index >= 15 is 0 Å². The smallest absolute Gasteiger partial charge is 0.457 e. The Morgan fingerprint density at radius 1 is 0.694 bits per heavy atom. The minimum Gasteiger partial charge on any atom is -0.457 e. The lowest BCUT2D eigenvalue weighted by Crippen LogP contribution is -2.38. The molecule has 0 N–H and O–H groups in total. The van der Waals surface area contributed by atoms with Crippen LogP contribution in [-0.4, -0.2) is 18.8 Å². The van der Waals surface area contributed by atoms with Crippen molar-refractivity contribution in [2.24, 2.45) is 5.92 Å². The molecule has 36 heavy (non-hydrogen) atoms. The maximum absolute atomic E-state index is 6.53. The van der Waals surface area contributed by atoms with Crippen LogP contribution < -0.4 is 10.2 Å². The molecule has 1 spiro atoms. The van der Waals surface area contributed by atoms with Crippen molar-refractivity contribution in [1.29, 1.82) is 0 Å². The molecular formula is C32H29BO3. The van der Waals surface area contributed by atoms with Crippen molar-refractivity contribution in [3.63, 3.8) is 0 Å². The van der Waals surface area contributed by atoms with E-state index in [1.165, 1.54) is 27.8 Å². The Labute approximate surface area is 213 Å². The van der Waals surface area contributed by atoms with E-state index in [0.29, 0.717) is 5.92 Å². The van der Waals surface area contributed by atoms with Crippen LogP contribution in [0.1, 0.15) is 49.9 Å². The molecule has 0 bridgehead atoms. The van der Waals surface area contributed by atoms with Gasteiger partial charge in [-0.2, -0.15) is 0 Å². The van der Waals surface area contributed by atoms with Gasteiger partial charge in [0.25, 0.3) is 0 Å². The van der Waals surface area contributed by atoms with Crippen LogP contribution in [0.2, 0.25) is 0 Å². The highest BCUT2D eigenvalue weighted by Gasteiger charge is 2.52. The summed E-state index contributed by atoms with van der Waals surface area (Å²) in [5, 5.41) is 0. The molecule has 0 radical (unpaired) electrons. The lowest BCUT2D eigenvalue weighted by molar-refractivity contribution is 0.0438. The number of hydrogen-bond donors (Lipinski definition) is 0. The van der Waals surface area contributed by atoms with Gasteiger partial charge in [0.1, 0.15) is 11.5 Å². The molecule has 4 aromatic rings. The zero-order valence-corrected chi connectivity index (χ0v) is 21.1. The number of fused-ring (bicyclic) bond motifs is 9. The molecule has 2 aliphatic heterocycles. The first-order valence-corrected chi connectivity index (χ1v) is 12.9.